The number of nitrogens with one attached hydrogen (secondary N) is 2. The Kier molecular flexibility index (Phi) is 8.57. The zero-order chi connectivity index (χ0) is 23.9. The van der Waals surface area contributed by atoms with E-state index in [0.717, 1.165) is 37.7 Å². The highest BCUT2D eigenvalue weighted by Crippen LogP contribution is 2.21. The van der Waals surface area contributed by atoms with Gasteiger partial charge in [-0.25, -0.2) is 26.5 Å². The molecule has 9 nitrogen and oxygen atoms in total. The molecule has 0 bridgehead atoms. The predicted octanol–water partition coefficient (Wildman–Crippen LogP) is 3.17. The fraction of sp³-hybridized carbons (Fsp3) is 0.455. The summed E-state index contributed by atoms with van der Waals surface area (Å²) >= 11 is 0. The van der Waals surface area contributed by atoms with E-state index in [9.17, 15) is 16.8 Å². The average Bonchev–Trinajstić information content (AvgIpc) is 2.83. The van der Waals surface area contributed by atoms with Crippen LogP contribution in [0.4, 0.5) is 5.82 Å². The minimum absolute atomic E-state index is 0.167. The van der Waals surface area contributed by atoms with Crippen LogP contribution >= 0.6 is 0 Å². The number of benzene rings is 1. The van der Waals surface area contributed by atoms with E-state index in [1.165, 1.54) is 16.6 Å². The van der Waals surface area contributed by atoms with Crippen molar-refractivity contribution < 1.29 is 16.8 Å². The van der Waals surface area contributed by atoms with E-state index >= 15 is 0 Å². The van der Waals surface area contributed by atoms with Crippen molar-refractivity contribution in [3.8, 4) is 0 Å². The molecule has 0 amide bonds. The first-order chi connectivity index (χ1) is 15.7. The van der Waals surface area contributed by atoms with E-state index in [2.05, 4.69) is 20.2 Å². The minimum Gasteiger partial charge on any atom is -0.261 e. The van der Waals surface area contributed by atoms with Gasteiger partial charge in [-0.05, 0) is 56.0 Å². The summed E-state index contributed by atoms with van der Waals surface area (Å²) in [5, 5.41) is 4.28. The zero-order valence-electron chi connectivity index (χ0n) is 19.0. The van der Waals surface area contributed by atoms with Crippen molar-refractivity contribution in [1.29, 1.82) is 0 Å². The summed E-state index contributed by atoms with van der Waals surface area (Å²) in [4.78, 5) is 4.55. The Morgan fingerprint density at radius 1 is 1.00 bits per heavy atom. The Labute approximate surface area is 196 Å². The Morgan fingerprint density at radius 2 is 1.67 bits per heavy atom. The third kappa shape index (κ3) is 6.59. The van der Waals surface area contributed by atoms with Gasteiger partial charge in [0.2, 0.25) is 20.0 Å². The minimum atomic E-state index is -3.52. The van der Waals surface area contributed by atoms with Gasteiger partial charge < -0.3 is 0 Å². The first-order valence-corrected chi connectivity index (χ1v) is 14.0. The van der Waals surface area contributed by atoms with Crippen LogP contribution in [0.5, 0.6) is 0 Å². The number of piperidine rings is 1. The Hall–Kier alpha value is -2.34. The zero-order valence-corrected chi connectivity index (χ0v) is 20.6. The molecule has 0 unspecified atom stereocenters. The van der Waals surface area contributed by atoms with Crippen LogP contribution in [0, 0.1) is 0 Å². The first-order valence-electron chi connectivity index (χ1n) is 11.1. The summed E-state index contributed by atoms with van der Waals surface area (Å²) in [5.74, 6) is 0.409. The second-order valence-electron chi connectivity index (χ2n) is 7.93. The van der Waals surface area contributed by atoms with Crippen LogP contribution in [0.3, 0.4) is 0 Å². The lowest BCUT2D eigenvalue weighted by Crippen LogP contribution is -2.35. The maximum absolute atomic E-state index is 12.7. The molecule has 1 aromatic carbocycles. The van der Waals surface area contributed by atoms with Crippen molar-refractivity contribution in [3.05, 3.63) is 48.2 Å². The molecule has 1 aromatic heterocycles. The Bertz CT molecular complexity index is 1160. The van der Waals surface area contributed by atoms with Gasteiger partial charge in [0, 0.05) is 25.8 Å². The molecule has 1 saturated heterocycles. The molecule has 33 heavy (non-hydrogen) atoms. The molecule has 2 aromatic rings. The topological polar surface area (TPSA) is 121 Å². The lowest BCUT2D eigenvalue weighted by Gasteiger charge is -2.25. The van der Waals surface area contributed by atoms with Gasteiger partial charge in [-0.2, -0.15) is 9.41 Å². The number of sulfonamides is 2. The fourth-order valence-electron chi connectivity index (χ4n) is 3.40. The summed E-state index contributed by atoms with van der Waals surface area (Å²) < 4.78 is 54.1. The molecule has 11 heteroatoms. The largest absolute Gasteiger partial charge is 0.261 e. The third-order valence-corrected chi connectivity index (χ3v) is 8.79. The summed E-state index contributed by atoms with van der Waals surface area (Å²) in [5.41, 5.74) is 4.20. The number of hydrogen-bond donors (Lipinski definition) is 2. The summed E-state index contributed by atoms with van der Waals surface area (Å²) in [7, 11) is -7.05. The van der Waals surface area contributed by atoms with E-state index in [-0.39, 0.29) is 9.79 Å². The van der Waals surface area contributed by atoms with Crippen molar-refractivity contribution in [2.45, 2.75) is 55.7 Å². The van der Waals surface area contributed by atoms with Gasteiger partial charge in [-0.15, -0.1) is 0 Å². The molecule has 180 valence electrons. The lowest BCUT2D eigenvalue weighted by atomic mass is 10.1. The first kappa shape index (κ1) is 25.3. The van der Waals surface area contributed by atoms with Crippen LogP contribution in [0.2, 0.25) is 0 Å². The van der Waals surface area contributed by atoms with Gasteiger partial charge in [0.25, 0.3) is 0 Å². The number of hydrazone groups is 1. The molecule has 2 N–H and O–H groups in total. The van der Waals surface area contributed by atoms with Crippen molar-refractivity contribution in [3.63, 3.8) is 0 Å². The van der Waals surface area contributed by atoms with E-state index in [1.54, 1.807) is 37.3 Å². The van der Waals surface area contributed by atoms with Gasteiger partial charge in [0.05, 0.1) is 10.6 Å². The normalized spacial score (nSPS) is 16.0. The average molecular weight is 494 g/mol. The van der Waals surface area contributed by atoms with Gasteiger partial charge in [-0.3, -0.25) is 5.43 Å². The molecule has 0 saturated carbocycles. The van der Waals surface area contributed by atoms with Crippen LogP contribution in [0.15, 0.2) is 57.5 Å². The molecular formula is C22H31N5O4S2. The second kappa shape index (κ2) is 11.2. The summed E-state index contributed by atoms with van der Waals surface area (Å²) in [6.07, 6.45) is 5.84. The predicted molar refractivity (Wildman–Crippen MR) is 129 cm³/mol. The van der Waals surface area contributed by atoms with Crippen molar-refractivity contribution in [1.82, 2.24) is 14.0 Å². The van der Waals surface area contributed by atoms with Crippen LogP contribution in [0.25, 0.3) is 0 Å². The monoisotopic (exact) mass is 493 g/mol. The Balaban J connectivity index is 1.63. The summed E-state index contributed by atoms with van der Waals surface area (Å²) in [6.45, 7) is 5.28. The third-order valence-electron chi connectivity index (χ3n) is 5.43. The number of anilines is 1. The van der Waals surface area contributed by atoms with E-state index in [1.807, 2.05) is 6.92 Å². The number of hydrogen-bond acceptors (Lipinski definition) is 7. The summed E-state index contributed by atoms with van der Waals surface area (Å²) in [6, 6.07) is 9.57. The number of unbranched alkanes of at least 4 members (excludes halogenated alkanes) is 1. The molecule has 0 radical (unpaired) electrons. The molecular weight excluding hydrogens is 462 g/mol. The fourth-order valence-corrected chi connectivity index (χ4v) is 5.94. The molecule has 0 spiro atoms. The molecule has 3 rings (SSSR count). The number of pyridine rings is 1. The van der Waals surface area contributed by atoms with E-state index in [4.69, 9.17) is 0 Å². The highest BCUT2D eigenvalue weighted by atomic mass is 32.2. The second-order valence-corrected chi connectivity index (χ2v) is 11.6. The number of rotatable bonds is 10. The Morgan fingerprint density at radius 3 is 2.27 bits per heavy atom. The van der Waals surface area contributed by atoms with Crippen molar-refractivity contribution >= 4 is 31.6 Å². The molecule has 2 heterocycles. The SMILES string of the molecule is CCCCNS(=O)(=O)c1ccc(/C(C)=N/Nc2ccc(S(=O)(=O)N3CCCCC3)cn2)cc1. The lowest BCUT2D eigenvalue weighted by molar-refractivity contribution is 0.346. The van der Waals surface area contributed by atoms with Crippen LogP contribution in [-0.2, 0) is 20.0 Å². The van der Waals surface area contributed by atoms with E-state index < -0.39 is 20.0 Å². The van der Waals surface area contributed by atoms with Gasteiger partial charge in [-0.1, -0.05) is 31.9 Å². The number of nitrogens with zero attached hydrogens (tertiary/aromatic N) is 3. The smallest absolute Gasteiger partial charge is 0.244 e. The maximum Gasteiger partial charge on any atom is 0.244 e. The maximum atomic E-state index is 12.7. The molecule has 0 atom stereocenters. The van der Waals surface area contributed by atoms with Crippen LogP contribution < -0.4 is 10.1 Å². The van der Waals surface area contributed by atoms with Crippen LogP contribution in [0.1, 0.15) is 51.5 Å². The molecule has 1 fully saturated rings. The standard InChI is InChI=1S/C22H31N5O4S2/c1-3-4-14-24-32(28,29)20-10-8-19(9-11-20)18(2)25-26-22-13-12-21(17-23-22)33(30,31)27-15-6-5-7-16-27/h8-13,17,24H,3-7,14-16H2,1-2H3,(H,23,26)/b25-18+. The van der Waals surface area contributed by atoms with Gasteiger partial charge >= 0.3 is 0 Å². The number of aromatic nitrogens is 1. The van der Waals surface area contributed by atoms with E-state index in [0.29, 0.717) is 31.2 Å². The van der Waals surface area contributed by atoms with Gasteiger partial charge in [0.15, 0.2) is 0 Å². The highest BCUT2D eigenvalue weighted by molar-refractivity contribution is 7.89. The van der Waals surface area contributed by atoms with Crippen LogP contribution in [-0.4, -0.2) is 51.5 Å². The molecule has 1 aliphatic heterocycles. The molecule has 1 aliphatic rings. The highest BCUT2D eigenvalue weighted by Gasteiger charge is 2.26. The van der Waals surface area contributed by atoms with Crippen molar-refractivity contribution in [2.75, 3.05) is 25.1 Å². The molecule has 0 aliphatic carbocycles. The quantitative estimate of drug-likeness (QED) is 0.298. The van der Waals surface area contributed by atoms with Crippen molar-refractivity contribution in [2.24, 2.45) is 5.10 Å². The van der Waals surface area contributed by atoms with Gasteiger partial charge in [0.1, 0.15) is 10.7 Å².